The number of hydrogen-bond donors (Lipinski definition) is 0. The van der Waals surface area contributed by atoms with Gasteiger partial charge < -0.3 is 4.90 Å². The van der Waals surface area contributed by atoms with Gasteiger partial charge in [-0.25, -0.2) is 0 Å². The summed E-state index contributed by atoms with van der Waals surface area (Å²) in [5.41, 5.74) is 2.37. The van der Waals surface area contributed by atoms with Crippen molar-refractivity contribution in [2.24, 2.45) is 5.92 Å². The van der Waals surface area contributed by atoms with Gasteiger partial charge in [-0.3, -0.25) is 4.79 Å². The summed E-state index contributed by atoms with van der Waals surface area (Å²) in [6.07, 6.45) is 7.90. The van der Waals surface area contributed by atoms with Gasteiger partial charge in [-0.2, -0.15) is 0 Å². The molecule has 2 heterocycles. The van der Waals surface area contributed by atoms with E-state index in [4.69, 9.17) is 0 Å². The van der Waals surface area contributed by atoms with E-state index in [9.17, 15) is 4.79 Å². The number of piperidine rings is 1. The lowest BCUT2D eigenvalue weighted by Crippen LogP contribution is -2.48. The Hall–Kier alpha value is -1.35. The minimum Gasteiger partial charge on any atom is -0.364 e. The lowest BCUT2D eigenvalue weighted by molar-refractivity contribution is 0.243. The number of nitrogens with zero attached hydrogens (tertiary/aromatic N) is 1. The molecule has 0 radical (unpaired) electrons. The van der Waals surface area contributed by atoms with Crippen molar-refractivity contribution in [1.29, 1.82) is 0 Å². The summed E-state index contributed by atoms with van der Waals surface area (Å²) in [5, 5.41) is 3.01. The fraction of sp³-hybridized carbons (Fsp3) is 0.526. The summed E-state index contributed by atoms with van der Waals surface area (Å²) in [5.74, 6) is 0.806. The van der Waals surface area contributed by atoms with E-state index in [1.165, 1.54) is 44.1 Å². The van der Waals surface area contributed by atoms with E-state index in [2.05, 4.69) is 35.4 Å². The standard InChI is InChI=1S/C19H23NOS/c1-13-8-9-18-15(11-13)19(21)17(12-22-18)20-10-4-6-14-5-2-3-7-16(14)20/h8-9,11-12,14,16H,2-7,10H2,1H3/t14-,16+/m1/s1. The second-order valence-corrected chi connectivity index (χ2v) is 7.81. The quantitative estimate of drug-likeness (QED) is 0.758. The van der Waals surface area contributed by atoms with Crippen molar-refractivity contribution in [2.75, 3.05) is 11.4 Å². The van der Waals surface area contributed by atoms with Gasteiger partial charge in [0, 0.05) is 28.1 Å². The number of hydrogen-bond acceptors (Lipinski definition) is 3. The average molecular weight is 313 g/mol. The van der Waals surface area contributed by atoms with Crippen LogP contribution in [-0.4, -0.2) is 12.6 Å². The third-order valence-corrected chi connectivity index (χ3v) is 6.41. The van der Waals surface area contributed by atoms with Crippen LogP contribution in [-0.2, 0) is 0 Å². The normalized spacial score (nSPS) is 25.2. The van der Waals surface area contributed by atoms with E-state index < -0.39 is 0 Å². The first-order chi connectivity index (χ1) is 10.7. The monoisotopic (exact) mass is 313 g/mol. The van der Waals surface area contributed by atoms with Gasteiger partial charge in [0.2, 0.25) is 5.43 Å². The number of rotatable bonds is 1. The molecule has 1 saturated carbocycles. The number of aryl methyl sites for hydroxylation is 1. The van der Waals surface area contributed by atoms with Gasteiger partial charge in [0.1, 0.15) is 0 Å². The molecule has 0 amide bonds. The van der Waals surface area contributed by atoms with E-state index in [1.807, 2.05) is 0 Å². The molecule has 3 heteroatoms. The lowest BCUT2D eigenvalue weighted by Gasteiger charge is -2.45. The molecular formula is C19H23NOS. The van der Waals surface area contributed by atoms with Crippen molar-refractivity contribution >= 4 is 27.1 Å². The van der Waals surface area contributed by atoms with Crippen LogP contribution in [0.15, 0.2) is 28.4 Å². The first-order valence-electron chi connectivity index (χ1n) is 8.53. The molecule has 0 bridgehead atoms. The molecule has 0 spiro atoms. The van der Waals surface area contributed by atoms with Crippen molar-refractivity contribution in [3.8, 4) is 0 Å². The SMILES string of the molecule is Cc1ccc2scc(N3CCC[C@H]4CCCC[C@@H]43)c(=O)c2c1. The fourth-order valence-electron chi connectivity index (χ4n) is 4.36. The zero-order valence-corrected chi connectivity index (χ0v) is 14.0. The van der Waals surface area contributed by atoms with Crippen molar-refractivity contribution in [3.05, 3.63) is 39.4 Å². The van der Waals surface area contributed by atoms with Crippen molar-refractivity contribution in [3.63, 3.8) is 0 Å². The summed E-state index contributed by atoms with van der Waals surface area (Å²) >= 11 is 1.72. The Morgan fingerprint density at radius 2 is 1.95 bits per heavy atom. The highest BCUT2D eigenvalue weighted by molar-refractivity contribution is 7.16. The van der Waals surface area contributed by atoms with Crippen LogP contribution in [0.25, 0.3) is 10.1 Å². The molecule has 116 valence electrons. The zero-order chi connectivity index (χ0) is 15.1. The van der Waals surface area contributed by atoms with E-state index in [0.29, 0.717) is 6.04 Å². The third kappa shape index (κ3) is 2.36. The topological polar surface area (TPSA) is 20.3 Å². The summed E-state index contributed by atoms with van der Waals surface area (Å²) in [6.45, 7) is 3.12. The smallest absolute Gasteiger partial charge is 0.211 e. The zero-order valence-electron chi connectivity index (χ0n) is 13.2. The van der Waals surface area contributed by atoms with Crippen molar-refractivity contribution in [1.82, 2.24) is 0 Å². The molecule has 2 atom stereocenters. The van der Waals surface area contributed by atoms with E-state index in [0.717, 1.165) is 28.2 Å². The minimum absolute atomic E-state index is 0.240. The molecule has 2 aliphatic rings. The second kappa shape index (κ2) is 5.69. The van der Waals surface area contributed by atoms with E-state index >= 15 is 0 Å². The molecule has 2 fully saturated rings. The van der Waals surface area contributed by atoms with E-state index in [-0.39, 0.29) is 5.43 Å². The molecule has 0 N–H and O–H groups in total. The highest BCUT2D eigenvalue weighted by Gasteiger charge is 2.34. The molecule has 1 aromatic carbocycles. The van der Waals surface area contributed by atoms with Crippen LogP contribution in [0.1, 0.15) is 44.1 Å². The second-order valence-electron chi connectivity index (χ2n) is 6.90. The Labute approximate surface area is 135 Å². The molecule has 2 aromatic rings. The van der Waals surface area contributed by atoms with Gasteiger partial charge in [-0.05, 0) is 50.7 Å². The van der Waals surface area contributed by atoms with Crippen LogP contribution in [0.3, 0.4) is 0 Å². The van der Waals surface area contributed by atoms with E-state index in [1.54, 1.807) is 11.3 Å². The van der Waals surface area contributed by atoms with Crippen LogP contribution in [0.5, 0.6) is 0 Å². The minimum atomic E-state index is 0.240. The third-order valence-electron chi connectivity index (χ3n) is 5.46. The summed E-state index contributed by atoms with van der Waals surface area (Å²) in [4.78, 5) is 15.5. The first kappa shape index (κ1) is 14.3. The van der Waals surface area contributed by atoms with Crippen LogP contribution in [0, 0.1) is 12.8 Å². The van der Waals surface area contributed by atoms with Crippen LogP contribution < -0.4 is 10.3 Å². The molecule has 2 nitrogen and oxygen atoms in total. The average Bonchev–Trinajstić information content (AvgIpc) is 2.55. The van der Waals surface area contributed by atoms with Crippen LogP contribution in [0.2, 0.25) is 0 Å². The van der Waals surface area contributed by atoms with Crippen LogP contribution in [0.4, 0.5) is 5.69 Å². The van der Waals surface area contributed by atoms with Gasteiger partial charge in [0.15, 0.2) is 0 Å². The molecule has 22 heavy (non-hydrogen) atoms. The summed E-state index contributed by atoms with van der Waals surface area (Å²) < 4.78 is 1.11. The van der Waals surface area contributed by atoms with Gasteiger partial charge >= 0.3 is 0 Å². The Balaban J connectivity index is 1.79. The highest BCUT2D eigenvalue weighted by Crippen LogP contribution is 2.37. The molecule has 1 aromatic heterocycles. The Bertz CT molecular complexity index is 749. The molecular weight excluding hydrogens is 290 g/mol. The van der Waals surface area contributed by atoms with Crippen molar-refractivity contribution in [2.45, 2.75) is 51.5 Å². The van der Waals surface area contributed by atoms with Gasteiger partial charge in [0.05, 0.1) is 5.69 Å². The number of anilines is 1. The van der Waals surface area contributed by atoms with Crippen LogP contribution >= 0.6 is 11.3 Å². The van der Waals surface area contributed by atoms with Gasteiger partial charge in [0.25, 0.3) is 0 Å². The maximum absolute atomic E-state index is 13.0. The Morgan fingerprint density at radius 1 is 1.14 bits per heavy atom. The lowest BCUT2D eigenvalue weighted by atomic mass is 9.78. The Kier molecular flexibility index (Phi) is 3.69. The summed E-state index contributed by atoms with van der Waals surface area (Å²) in [7, 11) is 0. The first-order valence-corrected chi connectivity index (χ1v) is 9.41. The molecule has 4 rings (SSSR count). The predicted octanol–water partition coefficient (Wildman–Crippen LogP) is 4.73. The predicted molar refractivity (Wildman–Crippen MR) is 95.2 cm³/mol. The maximum atomic E-state index is 13.0. The molecule has 0 unspecified atom stereocenters. The van der Waals surface area contributed by atoms with Gasteiger partial charge in [-0.1, -0.05) is 24.5 Å². The number of benzene rings is 1. The Morgan fingerprint density at radius 3 is 2.86 bits per heavy atom. The molecule has 1 aliphatic carbocycles. The number of fused-ring (bicyclic) bond motifs is 2. The largest absolute Gasteiger partial charge is 0.364 e. The molecule has 1 saturated heterocycles. The summed E-state index contributed by atoms with van der Waals surface area (Å²) in [6, 6.07) is 6.83. The van der Waals surface area contributed by atoms with Gasteiger partial charge in [-0.15, -0.1) is 11.3 Å². The maximum Gasteiger partial charge on any atom is 0.211 e. The van der Waals surface area contributed by atoms with Crippen molar-refractivity contribution < 1.29 is 0 Å². The highest BCUT2D eigenvalue weighted by atomic mass is 32.1. The molecule has 1 aliphatic heterocycles. The fourth-order valence-corrected chi connectivity index (χ4v) is 5.26.